The molecule has 0 amide bonds. The summed E-state index contributed by atoms with van der Waals surface area (Å²) >= 11 is -1.03. The molecule has 214 valence electrons. The molecule has 2 unspecified atom stereocenters. The third kappa shape index (κ3) is 7.31. The van der Waals surface area contributed by atoms with Crippen molar-refractivity contribution in [3.05, 3.63) is 51.4 Å². The van der Waals surface area contributed by atoms with Crippen molar-refractivity contribution in [1.29, 1.82) is 0 Å². The minimum atomic E-state index is -1.03. The predicted octanol–water partition coefficient (Wildman–Crippen LogP) is 0.789. The standard InChI is InChI=1S/C27H40N6O5S/c1-29-25-24(26(35)30(2)27(29)36)33(20-28-25)13-6-12-31-14-16-32(17-15-31)19-21(34)7-4-5-18-39(37)23-10-8-22(38-3)9-11-23/h8-11,20-21,34H,4-7,12-19H2,1-3H3. The number of nitrogens with zero attached hydrogens (tertiary/aromatic N) is 6. The number of piperazine rings is 1. The molecule has 2 aromatic heterocycles. The van der Waals surface area contributed by atoms with Gasteiger partial charge in [-0.3, -0.25) is 18.8 Å². The number of β-amino-alcohol motifs (C(OH)–C–C–N with tert-alkyl or cyclic N) is 1. The Bertz CT molecular complexity index is 1330. The van der Waals surface area contributed by atoms with Crippen molar-refractivity contribution in [3.63, 3.8) is 0 Å². The Morgan fingerprint density at radius 2 is 1.69 bits per heavy atom. The van der Waals surface area contributed by atoms with Crippen molar-refractivity contribution >= 4 is 22.3 Å². The van der Waals surface area contributed by atoms with Gasteiger partial charge in [-0.25, -0.2) is 9.78 Å². The molecule has 2 atom stereocenters. The first kappa shape index (κ1) is 29.3. The van der Waals surface area contributed by atoms with E-state index in [4.69, 9.17) is 4.74 Å². The Morgan fingerprint density at radius 3 is 2.38 bits per heavy atom. The van der Waals surface area contributed by atoms with Gasteiger partial charge in [-0.1, -0.05) is 0 Å². The molecule has 39 heavy (non-hydrogen) atoms. The Hall–Kier alpha value is -2.64. The zero-order chi connectivity index (χ0) is 27.9. The number of hydrogen-bond donors (Lipinski definition) is 1. The van der Waals surface area contributed by atoms with E-state index in [0.29, 0.717) is 36.4 Å². The number of imidazole rings is 1. The molecule has 0 saturated carbocycles. The predicted molar refractivity (Wildman–Crippen MR) is 152 cm³/mol. The van der Waals surface area contributed by atoms with Gasteiger partial charge in [0, 0.05) is 53.4 Å². The lowest BCUT2D eigenvalue weighted by atomic mass is 10.1. The third-order valence-corrected chi connectivity index (χ3v) is 8.92. The molecule has 1 aromatic carbocycles. The molecule has 1 saturated heterocycles. The SMILES string of the molecule is COc1ccc([S+]([O-])CCCCC(O)CN2CCN(CCCn3cnc4c3c(=O)n(C)c(=O)n4C)CC2)cc1. The summed E-state index contributed by atoms with van der Waals surface area (Å²) in [6, 6.07) is 7.34. The summed E-state index contributed by atoms with van der Waals surface area (Å²) in [6.07, 6.45) is 4.52. The van der Waals surface area contributed by atoms with Crippen LogP contribution in [-0.4, -0.2) is 96.4 Å². The van der Waals surface area contributed by atoms with Gasteiger partial charge in [-0.2, -0.15) is 0 Å². The van der Waals surface area contributed by atoms with Crippen molar-refractivity contribution in [2.24, 2.45) is 14.1 Å². The minimum Gasteiger partial charge on any atom is -0.611 e. The van der Waals surface area contributed by atoms with E-state index < -0.39 is 11.2 Å². The molecule has 1 fully saturated rings. The lowest BCUT2D eigenvalue weighted by molar-refractivity contribution is 0.0670. The van der Waals surface area contributed by atoms with Crippen molar-refractivity contribution in [1.82, 2.24) is 28.5 Å². The second-order valence-electron chi connectivity index (χ2n) is 10.2. The number of benzene rings is 1. The first-order valence-electron chi connectivity index (χ1n) is 13.5. The Kier molecular flexibility index (Phi) is 10.2. The van der Waals surface area contributed by atoms with Crippen LogP contribution in [0, 0.1) is 0 Å². The van der Waals surface area contributed by atoms with Gasteiger partial charge in [0.25, 0.3) is 5.56 Å². The van der Waals surface area contributed by atoms with E-state index in [1.54, 1.807) is 20.5 Å². The lowest BCUT2D eigenvalue weighted by Gasteiger charge is -2.35. The number of ether oxygens (including phenoxy) is 1. The number of methoxy groups -OCH3 is 1. The van der Waals surface area contributed by atoms with Gasteiger partial charge in [0.1, 0.15) is 11.5 Å². The zero-order valence-corrected chi connectivity index (χ0v) is 23.9. The average Bonchev–Trinajstić information content (AvgIpc) is 3.38. The Labute approximate surface area is 231 Å². The number of fused-ring (bicyclic) bond motifs is 1. The maximum Gasteiger partial charge on any atom is 0.332 e. The molecule has 1 aliphatic rings. The Morgan fingerprint density at radius 1 is 1.00 bits per heavy atom. The number of unbranched alkanes of at least 4 members (excludes halogenated alkanes) is 1. The van der Waals surface area contributed by atoms with Crippen LogP contribution in [0.1, 0.15) is 25.7 Å². The van der Waals surface area contributed by atoms with Gasteiger partial charge >= 0.3 is 5.69 Å². The van der Waals surface area contributed by atoms with Gasteiger partial charge in [0.15, 0.2) is 16.1 Å². The molecule has 12 heteroatoms. The molecular weight excluding hydrogens is 520 g/mol. The van der Waals surface area contributed by atoms with E-state index in [-0.39, 0.29) is 17.4 Å². The van der Waals surface area contributed by atoms with Crippen LogP contribution in [0.3, 0.4) is 0 Å². The molecule has 11 nitrogen and oxygen atoms in total. The topological polar surface area (TPSA) is 121 Å². The number of aryl methyl sites for hydroxylation is 2. The molecule has 3 aromatic rings. The summed E-state index contributed by atoms with van der Waals surface area (Å²) in [6.45, 7) is 5.94. The van der Waals surface area contributed by atoms with Crippen LogP contribution in [-0.2, 0) is 31.8 Å². The number of rotatable bonds is 13. The summed E-state index contributed by atoms with van der Waals surface area (Å²) < 4.78 is 22.0. The normalized spacial score (nSPS) is 16.5. The molecule has 0 radical (unpaired) electrons. The number of aromatic nitrogens is 4. The van der Waals surface area contributed by atoms with Gasteiger partial charge in [-0.05, 0) is 67.7 Å². The number of aliphatic hydroxyl groups excluding tert-OH is 1. The third-order valence-electron chi connectivity index (χ3n) is 7.46. The van der Waals surface area contributed by atoms with Gasteiger partial charge in [0.2, 0.25) is 0 Å². The van der Waals surface area contributed by atoms with E-state index in [2.05, 4.69) is 14.8 Å². The van der Waals surface area contributed by atoms with E-state index in [1.165, 1.54) is 11.6 Å². The highest BCUT2D eigenvalue weighted by atomic mass is 32.2. The fraction of sp³-hybridized carbons (Fsp3) is 0.593. The molecule has 0 bridgehead atoms. The van der Waals surface area contributed by atoms with Crippen molar-refractivity contribution in [2.45, 2.75) is 43.2 Å². The van der Waals surface area contributed by atoms with Crippen LogP contribution in [0.2, 0.25) is 0 Å². The maximum absolute atomic E-state index is 12.6. The minimum absolute atomic E-state index is 0.316. The first-order chi connectivity index (χ1) is 18.8. The molecule has 1 aliphatic heterocycles. The Balaban J connectivity index is 1.12. The average molecular weight is 561 g/mol. The number of aliphatic hydroxyl groups is 1. The summed E-state index contributed by atoms with van der Waals surface area (Å²) in [7, 11) is 4.73. The smallest absolute Gasteiger partial charge is 0.332 e. The molecule has 1 N–H and O–H groups in total. The summed E-state index contributed by atoms with van der Waals surface area (Å²) in [4.78, 5) is 34.5. The zero-order valence-electron chi connectivity index (χ0n) is 23.1. The lowest BCUT2D eigenvalue weighted by Crippen LogP contribution is -2.48. The molecule has 4 rings (SSSR count). The number of hydrogen-bond acceptors (Lipinski definition) is 8. The van der Waals surface area contributed by atoms with Crippen LogP contribution in [0.25, 0.3) is 11.2 Å². The van der Waals surface area contributed by atoms with E-state index >= 15 is 0 Å². The highest BCUT2D eigenvalue weighted by Crippen LogP contribution is 2.18. The quantitative estimate of drug-likeness (QED) is 0.241. The highest BCUT2D eigenvalue weighted by molar-refractivity contribution is 7.91. The van der Waals surface area contributed by atoms with Gasteiger partial charge < -0.3 is 23.9 Å². The van der Waals surface area contributed by atoms with Crippen molar-refractivity contribution in [3.8, 4) is 5.75 Å². The van der Waals surface area contributed by atoms with E-state index in [0.717, 1.165) is 67.2 Å². The fourth-order valence-corrected chi connectivity index (χ4v) is 6.22. The molecular formula is C27H40N6O5S. The van der Waals surface area contributed by atoms with E-state index in [1.807, 2.05) is 28.8 Å². The molecule has 3 heterocycles. The van der Waals surface area contributed by atoms with Crippen molar-refractivity contribution < 1.29 is 14.4 Å². The monoisotopic (exact) mass is 560 g/mol. The summed E-state index contributed by atoms with van der Waals surface area (Å²) in [5.41, 5.74) is 0.191. The largest absolute Gasteiger partial charge is 0.611 e. The molecule has 0 aliphatic carbocycles. The van der Waals surface area contributed by atoms with Crippen LogP contribution >= 0.6 is 0 Å². The van der Waals surface area contributed by atoms with Crippen molar-refractivity contribution in [2.75, 3.05) is 52.1 Å². The van der Waals surface area contributed by atoms with Gasteiger partial charge in [-0.15, -0.1) is 0 Å². The van der Waals surface area contributed by atoms with Gasteiger partial charge in [0.05, 0.1) is 19.5 Å². The highest BCUT2D eigenvalue weighted by Gasteiger charge is 2.20. The first-order valence-corrected chi connectivity index (χ1v) is 14.9. The summed E-state index contributed by atoms with van der Waals surface area (Å²) in [5, 5.41) is 10.5. The molecule has 0 spiro atoms. The summed E-state index contributed by atoms with van der Waals surface area (Å²) in [5.74, 6) is 1.35. The second-order valence-corrected chi connectivity index (χ2v) is 11.8. The second kappa shape index (κ2) is 13.6. The maximum atomic E-state index is 12.6. The van der Waals surface area contributed by atoms with E-state index in [9.17, 15) is 19.2 Å². The van der Waals surface area contributed by atoms with Crippen LogP contribution < -0.4 is 16.0 Å². The fourth-order valence-electron chi connectivity index (χ4n) is 5.07. The van der Waals surface area contributed by atoms with Crippen LogP contribution in [0.15, 0.2) is 45.1 Å². The van der Waals surface area contributed by atoms with Crippen LogP contribution in [0.4, 0.5) is 0 Å². The van der Waals surface area contributed by atoms with Crippen LogP contribution in [0.5, 0.6) is 5.75 Å².